The van der Waals surface area contributed by atoms with E-state index in [1.54, 1.807) is 0 Å². The van der Waals surface area contributed by atoms with Crippen molar-refractivity contribution in [3.8, 4) is 0 Å². The molecule has 2 heteroatoms. The maximum atomic E-state index is 12.6. The third-order valence-electron chi connectivity index (χ3n) is 7.42. The molecule has 1 aromatic carbocycles. The third kappa shape index (κ3) is 5.33. The lowest BCUT2D eigenvalue weighted by Crippen LogP contribution is -2.31. The highest BCUT2D eigenvalue weighted by atomic mass is 16.1. The molecule has 1 aromatic rings. The van der Waals surface area contributed by atoms with E-state index in [1.165, 1.54) is 56.9 Å². The first-order valence-electron chi connectivity index (χ1n) is 11.8. The summed E-state index contributed by atoms with van der Waals surface area (Å²) in [6.45, 7) is 4.15. The molecule has 28 heavy (non-hydrogen) atoms. The summed E-state index contributed by atoms with van der Waals surface area (Å²) in [6.07, 6.45) is 13.7. The van der Waals surface area contributed by atoms with Crippen LogP contribution in [0.1, 0.15) is 113 Å². The Labute approximate surface area is 171 Å². The molecule has 154 valence electrons. The quantitative estimate of drug-likeness (QED) is 0.354. The minimum Gasteiger partial charge on any atom is -0.299 e. The van der Waals surface area contributed by atoms with Gasteiger partial charge in [0.05, 0.1) is 0 Å². The van der Waals surface area contributed by atoms with E-state index in [2.05, 4.69) is 19.1 Å². The second-order valence-corrected chi connectivity index (χ2v) is 9.21. The Hall–Kier alpha value is -1.44. The van der Waals surface area contributed by atoms with Crippen LogP contribution in [0.2, 0.25) is 0 Å². The summed E-state index contributed by atoms with van der Waals surface area (Å²) in [5, 5.41) is 0. The predicted molar refractivity (Wildman–Crippen MR) is 116 cm³/mol. The zero-order chi connectivity index (χ0) is 19.9. The minimum absolute atomic E-state index is 0.227. The molecule has 2 nitrogen and oxygen atoms in total. The SMILES string of the molecule is CCCCC[C@H]1CC[C@H](C2CCC(c3ccc(C(=O)CC)cc3)CC2)CC1=O. The Bertz CT molecular complexity index is 637. The molecule has 0 saturated heterocycles. The summed E-state index contributed by atoms with van der Waals surface area (Å²) in [5.41, 5.74) is 2.23. The summed E-state index contributed by atoms with van der Waals surface area (Å²) in [7, 11) is 0. The van der Waals surface area contributed by atoms with Crippen LogP contribution in [-0.4, -0.2) is 11.6 Å². The van der Waals surface area contributed by atoms with Gasteiger partial charge < -0.3 is 0 Å². The van der Waals surface area contributed by atoms with Crippen molar-refractivity contribution in [1.82, 2.24) is 0 Å². The highest BCUT2D eigenvalue weighted by Crippen LogP contribution is 2.43. The summed E-state index contributed by atoms with van der Waals surface area (Å²) in [4.78, 5) is 24.4. The molecule has 2 saturated carbocycles. The van der Waals surface area contributed by atoms with E-state index in [1.807, 2.05) is 19.1 Å². The van der Waals surface area contributed by atoms with Crippen molar-refractivity contribution in [2.24, 2.45) is 17.8 Å². The number of rotatable bonds is 8. The Kier molecular flexibility index (Phi) is 7.88. The van der Waals surface area contributed by atoms with Crippen molar-refractivity contribution in [3.63, 3.8) is 0 Å². The van der Waals surface area contributed by atoms with Gasteiger partial charge in [-0.1, -0.05) is 57.4 Å². The fourth-order valence-electron chi connectivity index (χ4n) is 5.52. The van der Waals surface area contributed by atoms with Gasteiger partial charge in [-0.05, 0) is 68.3 Å². The molecular formula is C26H38O2. The summed E-state index contributed by atoms with van der Waals surface area (Å²) in [5.74, 6) is 3.17. The maximum absolute atomic E-state index is 12.6. The van der Waals surface area contributed by atoms with E-state index in [0.29, 0.717) is 30.0 Å². The predicted octanol–water partition coefficient (Wildman–Crippen LogP) is 7.12. The first kappa shape index (κ1) is 21.3. The van der Waals surface area contributed by atoms with Crippen LogP contribution in [0.3, 0.4) is 0 Å². The van der Waals surface area contributed by atoms with Gasteiger partial charge in [-0.3, -0.25) is 9.59 Å². The van der Waals surface area contributed by atoms with Crippen molar-refractivity contribution < 1.29 is 9.59 Å². The van der Waals surface area contributed by atoms with E-state index in [-0.39, 0.29) is 5.78 Å². The highest BCUT2D eigenvalue weighted by molar-refractivity contribution is 5.95. The number of hydrogen-bond donors (Lipinski definition) is 0. The monoisotopic (exact) mass is 382 g/mol. The molecule has 2 fully saturated rings. The molecular weight excluding hydrogens is 344 g/mol. The largest absolute Gasteiger partial charge is 0.299 e. The standard InChI is InChI=1S/C26H38O2/c1-3-5-6-7-22-16-17-24(18-26(22)28)21-10-8-19(9-11-21)20-12-14-23(15-13-20)25(27)4-2/h12-15,19,21-22,24H,3-11,16-18H2,1-2H3/t19?,21?,22-,24-/m0/s1. The molecule has 0 amide bonds. The van der Waals surface area contributed by atoms with Gasteiger partial charge in [0.15, 0.2) is 5.78 Å². The first-order chi connectivity index (χ1) is 13.6. The van der Waals surface area contributed by atoms with Gasteiger partial charge in [-0.25, -0.2) is 0 Å². The van der Waals surface area contributed by atoms with Gasteiger partial charge in [0.1, 0.15) is 5.78 Å². The van der Waals surface area contributed by atoms with Crippen molar-refractivity contribution in [2.45, 2.75) is 96.8 Å². The summed E-state index contributed by atoms with van der Waals surface area (Å²) < 4.78 is 0. The molecule has 0 aromatic heterocycles. The van der Waals surface area contributed by atoms with Gasteiger partial charge in [0, 0.05) is 24.3 Å². The zero-order valence-electron chi connectivity index (χ0n) is 17.9. The lowest BCUT2D eigenvalue weighted by molar-refractivity contribution is -0.127. The van der Waals surface area contributed by atoms with Crippen molar-refractivity contribution in [3.05, 3.63) is 35.4 Å². The molecule has 0 aliphatic heterocycles. The Morgan fingerprint density at radius 3 is 2.18 bits per heavy atom. The lowest BCUT2D eigenvalue weighted by Gasteiger charge is -2.37. The Morgan fingerprint density at radius 1 is 0.893 bits per heavy atom. The number of carbonyl (C=O) groups is 2. The number of unbranched alkanes of at least 4 members (excludes halogenated alkanes) is 2. The molecule has 0 spiro atoms. The molecule has 3 rings (SSSR count). The van der Waals surface area contributed by atoms with E-state index in [4.69, 9.17) is 0 Å². The molecule has 0 unspecified atom stereocenters. The summed E-state index contributed by atoms with van der Waals surface area (Å²) >= 11 is 0. The first-order valence-corrected chi connectivity index (χ1v) is 11.8. The highest BCUT2D eigenvalue weighted by Gasteiger charge is 2.34. The van der Waals surface area contributed by atoms with Crippen LogP contribution in [0.25, 0.3) is 0 Å². The molecule has 0 bridgehead atoms. The van der Waals surface area contributed by atoms with Crippen molar-refractivity contribution in [1.29, 1.82) is 0 Å². The number of benzene rings is 1. The normalized spacial score (nSPS) is 28.3. The van der Waals surface area contributed by atoms with Crippen LogP contribution >= 0.6 is 0 Å². The van der Waals surface area contributed by atoms with Gasteiger partial charge >= 0.3 is 0 Å². The van der Waals surface area contributed by atoms with Crippen molar-refractivity contribution in [2.75, 3.05) is 0 Å². The van der Waals surface area contributed by atoms with Crippen LogP contribution in [0, 0.1) is 17.8 Å². The van der Waals surface area contributed by atoms with E-state index in [9.17, 15) is 9.59 Å². The van der Waals surface area contributed by atoms with E-state index < -0.39 is 0 Å². The average Bonchev–Trinajstić information content (AvgIpc) is 2.74. The van der Waals surface area contributed by atoms with Gasteiger partial charge in [-0.15, -0.1) is 0 Å². The van der Waals surface area contributed by atoms with Crippen LogP contribution < -0.4 is 0 Å². The smallest absolute Gasteiger partial charge is 0.162 e. The van der Waals surface area contributed by atoms with E-state index in [0.717, 1.165) is 30.7 Å². The minimum atomic E-state index is 0.227. The van der Waals surface area contributed by atoms with Crippen molar-refractivity contribution >= 4 is 11.6 Å². The van der Waals surface area contributed by atoms with Gasteiger partial charge in [-0.2, -0.15) is 0 Å². The maximum Gasteiger partial charge on any atom is 0.162 e. The number of ketones is 2. The molecule has 2 atom stereocenters. The van der Waals surface area contributed by atoms with Crippen LogP contribution in [0.5, 0.6) is 0 Å². The average molecular weight is 383 g/mol. The lowest BCUT2D eigenvalue weighted by atomic mass is 9.67. The van der Waals surface area contributed by atoms with Crippen LogP contribution in [0.4, 0.5) is 0 Å². The zero-order valence-corrected chi connectivity index (χ0v) is 17.9. The van der Waals surface area contributed by atoms with Gasteiger partial charge in [0.25, 0.3) is 0 Å². The van der Waals surface area contributed by atoms with Crippen LogP contribution in [-0.2, 0) is 4.79 Å². The molecule has 0 heterocycles. The second kappa shape index (κ2) is 10.4. The Morgan fingerprint density at radius 2 is 1.57 bits per heavy atom. The van der Waals surface area contributed by atoms with Crippen LogP contribution in [0.15, 0.2) is 24.3 Å². The molecule has 0 N–H and O–H groups in total. The summed E-state index contributed by atoms with van der Waals surface area (Å²) in [6, 6.07) is 8.34. The van der Waals surface area contributed by atoms with Gasteiger partial charge in [0.2, 0.25) is 0 Å². The topological polar surface area (TPSA) is 34.1 Å². The number of hydrogen-bond acceptors (Lipinski definition) is 2. The number of carbonyl (C=O) groups excluding carboxylic acids is 2. The fraction of sp³-hybridized carbons (Fsp3) is 0.692. The number of Topliss-reactive ketones (excluding diaryl/α,β-unsaturated/α-hetero) is 2. The third-order valence-corrected chi connectivity index (χ3v) is 7.42. The fourth-order valence-corrected chi connectivity index (χ4v) is 5.52. The Balaban J connectivity index is 1.46. The molecule has 2 aliphatic rings. The van der Waals surface area contributed by atoms with E-state index >= 15 is 0 Å². The second-order valence-electron chi connectivity index (χ2n) is 9.21. The molecule has 2 aliphatic carbocycles. The molecule has 0 radical (unpaired) electrons.